The minimum atomic E-state index is -4.59. The second-order valence-corrected chi connectivity index (χ2v) is 4.41. The zero-order valence-corrected chi connectivity index (χ0v) is 10.7. The van der Waals surface area contributed by atoms with Crippen LogP contribution in [0.15, 0.2) is 36.9 Å². The molecule has 0 saturated carbocycles. The molecule has 0 aliphatic carbocycles. The number of imidazole rings is 1. The van der Waals surface area contributed by atoms with Crippen molar-refractivity contribution in [3.8, 4) is 0 Å². The van der Waals surface area contributed by atoms with Gasteiger partial charge in [-0.05, 0) is 18.2 Å². The van der Waals surface area contributed by atoms with Crippen LogP contribution in [0.3, 0.4) is 0 Å². The van der Waals surface area contributed by atoms with Gasteiger partial charge in [0.1, 0.15) is 6.54 Å². The molecule has 0 spiro atoms. The summed E-state index contributed by atoms with van der Waals surface area (Å²) in [5, 5.41) is 2.17. The van der Waals surface area contributed by atoms with E-state index in [1.54, 1.807) is 0 Å². The number of halogens is 4. The zero-order chi connectivity index (χ0) is 14.8. The smallest absolute Gasteiger partial charge is 0.328 e. The molecule has 1 heterocycles. The maximum absolute atomic E-state index is 12.8. The third-order valence-corrected chi connectivity index (χ3v) is 2.68. The van der Waals surface area contributed by atoms with Gasteiger partial charge in [0.05, 0.1) is 17.6 Å². The van der Waals surface area contributed by atoms with E-state index in [0.717, 1.165) is 12.1 Å². The summed E-state index contributed by atoms with van der Waals surface area (Å²) >= 11 is 5.55. The van der Waals surface area contributed by atoms with Crippen LogP contribution in [-0.4, -0.2) is 15.5 Å². The van der Waals surface area contributed by atoms with E-state index in [0.29, 0.717) is 0 Å². The molecule has 1 amide bonds. The van der Waals surface area contributed by atoms with Crippen molar-refractivity contribution in [3.63, 3.8) is 0 Å². The van der Waals surface area contributed by atoms with E-state index in [1.807, 2.05) is 0 Å². The predicted octanol–water partition coefficient (Wildman–Crippen LogP) is 3.19. The van der Waals surface area contributed by atoms with Crippen LogP contribution in [-0.2, 0) is 17.5 Å². The Morgan fingerprint density at radius 2 is 2.15 bits per heavy atom. The number of aromatic nitrogens is 2. The van der Waals surface area contributed by atoms with Crippen molar-refractivity contribution in [2.75, 3.05) is 5.32 Å². The van der Waals surface area contributed by atoms with E-state index in [4.69, 9.17) is 11.6 Å². The fourth-order valence-corrected chi connectivity index (χ4v) is 1.77. The first-order valence-corrected chi connectivity index (χ1v) is 5.86. The van der Waals surface area contributed by atoms with Crippen LogP contribution in [0, 0.1) is 0 Å². The molecule has 1 aromatic heterocycles. The first kappa shape index (κ1) is 14.4. The summed E-state index contributed by atoms with van der Waals surface area (Å²) in [4.78, 5) is 15.4. The van der Waals surface area contributed by atoms with Gasteiger partial charge in [-0.1, -0.05) is 11.6 Å². The summed E-state index contributed by atoms with van der Waals surface area (Å²) in [6, 6.07) is 3.18. The molecule has 1 N–H and O–H groups in total. The van der Waals surface area contributed by atoms with Crippen LogP contribution in [0.5, 0.6) is 0 Å². The highest BCUT2D eigenvalue weighted by atomic mass is 35.5. The molecule has 0 saturated heterocycles. The number of anilines is 1. The summed E-state index contributed by atoms with van der Waals surface area (Å²) in [5.74, 6) is -0.587. The quantitative estimate of drug-likeness (QED) is 0.946. The topological polar surface area (TPSA) is 46.9 Å². The lowest BCUT2D eigenvalue weighted by molar-refractivity contribution is -0.137. The minimum absolute atomic E-state index is 0.0510. The molecule has 0 unspecified atom stereocenters. The maximum Gasteiger partial charge on any atom is 0.418 e. The van der Waals surface area contributed by atoms with Gasteiger partial charge in [-0.25, -0.2) is 4.98 Å². The molecular formula is C12H9ClF3N3O. The Labute approximate surface area is 117 Å². The molecule has 1 aromatic carbocycles. The van der Waals surface area contributed by atoms with Crippen LogP contribution in [0.2, 0.25) is 5.02 Å². The Bertz CT molecular complexity index is 611. The third kappa shape index (κ3) is 3.51. The van der Waals surface area contributed by atoms with E-state index in [2.05, 4.69) is 10.3 Å². The molecule has 20 heavy (non-hydrogen) atoms. The number of nitrogens with one attached hydrogen (secondary N) is 1. The molecule has 0 radical (unpaired) electrons. The Kier molecular flexibility index (Phi) is 3.99. The fourth-order valence-electron chi connectivity index (χ4n) is 1.60. The maximum atomic E-state index is 12.8. The number of hydrogen-bond donors (Lipinski definition) is 1. The van der Waals surface area contributed by atoms with Crippen LogP contribution < -0.4 is 5.32 Å². The molecule has 0 bridgehead atoms. The predicted molar refractivity (Wildman–Crippen MR) is 67.3 cm³/mol. The minimum Gasteiger partial charge on any atom is -0.328 e. The van der Waals surface area contributed by atoms with E-state index in [-0.39, 0.29) is 17.3 Å². The van der Waals surface area contributed by atoms with Crippen LogP contribution in [0.25, 0.3) is 0 Å². The number of benzene rings is 1. The van der Waals surface area contributed by atoms with Crippen LogP contribution >= 0.6 is 11.6 Å². The number of hydrogen-bond acceptors (Lipinski definition) is 2. The first-order chi connectivity index (χ1) is 9.36. The SMILES string of the molecule is O=C(Cn1ccnc1)Nc1ccc(Cl)cc1C(F)(F)F. The van der Waals surface area contributed by atoms with E-state index < -0.39 is 17.6 Å². The van der Waals surface area contributed by atoms with Crippen LogP contribution in [0.1, 0.15) is 5.56 Å². The zero-order valence-electron chi connectivity index (χ0n) is 9.99. The molecule has 4 nitrogen and oxygen atoms in total. The molecule has 0 atom stereocenters. The summed E-state index contributed by atoms with van der Waals surface area (Å²) in [6.07, 6.45) is -0.197. The van der Waals surface area contributed by atoms with E-state index in [9.17, 15) is 18.0 Å². The lowest BCUT2D eigenvalue weighted by atomic mass is 10.1. The fraction of sp³-hybridized carbons (Fsp3) is 0.167. The summed E-state index contributed by atoms with van der Waals surface area (Å²) in [5.41, 5.74) is -1.31. The van der Waals surface area contributed by atoms with E-state index >= 15 is 0 Å². The van der Waals surface area contributed by atoms with Crippen molar-refractivity contribution in [3.05, 3.63) is 47.5 Å². The molecule has 2 rings (SSSR count). The second kappa shape index (κ2) is 5.54. The Hall–Kier alpha value is -2.02. The molecule has 0 aliphatic rings. The van der Waals surface area contributed by atoms with Crippen molar-refractivity contribution in [2.45, 2.75) is 12.7 Å². The molecule has 0 fully saturated rings. The Balaban J connectivity index is 2.19. The van der Waals surface area contributed by atoms with Gasteiger partial charge in [-0.2, -0.15) is 13.2 Å². The van der Waals surface area contributed by atoms with Crippen molar-refractivity contribution in [2.24, 2.45) is 0 Å². The van der Waals surface area contributed by atoms with Crippen molar-refractivity contribution in [1.82, 2.24) is 9.55 Å². The average molecular weight is 304 g/mol. The van der Waals surface area contributed by atoms with E-state index in [1.165, 1.54) is 29.4 Å². The lowest BCUT2D eigenvalue weighted by Crippen LogP contribution is -2.20. The van der Waals surface area contributed by atoms with Gasteiger partial charge in [0, 0.05) is 17.4 Å². The number of carbonyl (C=O) groups is 1. The van der Waals surface area contributed by atoms with Gasteiger partial charge in [0.25, 0.3) is 0 Å². The van der Waals surface area contributed by atoms with Crippen molar-refractivity contribution in [1.29, 1.82) is 0 Å². The highest BCUT2D eigenvalue weighted by Crippen LogP contribution is 2.36. The Morgan fingerprint density at radius 3 is 2.75 bits per heavy atom. The molecular weight excluding hydrogens is 295 g/mol. The largest absolute Gasteiger partial charge is 0.418 e. The summed E-state index contributed by atoms with van der Waals surface area (Å²) in [6.45, 7) is -0.125. The second-order valence-electron chi connectivity index (χ2n) is 3.97. The third-order valence-electron chi connectivity index (χ3n) is 2.45. The number of nitrogens with zero attached hydrogens (tertiary/aromatic N) is 2. The van der Waals surface area contributed by atoms with Gasteiger partial charge in [-0.3, -0.25) is 4.79 Å². The molecule has 0 aliphatic heterocycles. The number of alkyl halides is 3. The number of carbonyl (C=O) groups excluding carboxylic acids is 1. The van der Waals surface area contributed by atoms with Crippen molar-refractivity contribution >= 4 is 23.2 Å². The lowest BCUT2D eigenvalue weighted by Gasteiger charge is -2.14. The van der Waals surface area contributed by atoms with Crippen LogP contribution in [0.4, 0.5) is 18.9 Å². The normalized spacial score (nSPS) is 11.4. The molecule has 106 valence electrons. The standard InChI is InChI=1S/C12H9ClF3N3O/c13-8-1-2-10(9(5-8)12(14,15)16)18-11(20)6-19-4-3-17-7-19/h1-5,7H,6H2,(H,18,20). The summed E-state index contributed by atoms with van der Waals surface area (Å²) < 4.78 is 39.9. The molecule has 2 aromatic rings. The summed E-state index contributed by atoms with van der Waals surface area (Å²) in [7, 11) is 0. The van der Waals surface area contributed by atoms with Gasteiger partial charge in [0.2, 0.25) is 5.91 Å². The average Bonchev–Trinajstić information content (AvgIpc) is 2.82. The van der Waals surface area contributed by atoms with Gasteiger partial charge in [0.15, 0.2) is 0 Å². The first-order valence-electron chi connectivity index (χ1n) is 5.48. The van der Waals surface area contributed by atoms with Gasteiger partial charge in [-0.15, -0.1) is 0 Å². The highest BCUT2D eigenvalue weighted by molar-refractivity contribution is 6.30. The van der Waals surface area contributed by atoms with Gasteiger partial charge >= 0.3 is 6.18 Å². The Morgan fingerprint density at radius 1 is 1.40 bits per heavy atom. The number of amides is 1. The molecule has 8 heteroatoms. The monoisotopic (exact) mass is 303 g/mol. The highest BCUT2D eigenvalue weighted by Gasteiger charge is 2.34. The number of rotatable bonds is 3. The van der Waals surface area contributed by atoms with Gasteiger partial charge < -0.3 is 9.88 Å². The van der Waals surface area contributed by atoms with Crippen molar-refractivity contribution < 1.29 is 18.0 Å².